The number of hydrogen-bond acceptors (Lipinski definition) is 6. The van der Waals surface area contributed by atoms with Gasteiger partial charge in [-0.3, -0.25) is 4.79 Å². The highest BCUT2D eigenvalue weighted by atomic mass is 19.1. The lowest BCUT2D eigenvalue weighted by atomic mass is 9.99. The molecule has 1 saturated heterocycles. The Hall–Kier alpha value is -3.20. The molecular weight excluding hydrogens is 415 g/mol. The molecule has 9 heteroatoms. The maximum absolute atomic E-state index is 15.4. The summed E-state index contributed by atoms with van der Waals surface area (Å²) in [6.07, 6.45) is 7.23. The summed E-state index contributed by atoms with van der Waals surface area (Å²) in [6.45, 7) is 3.09. The molecule has 2 fully saturated rings. The number of carboxylic acid groups (broad SMARTS) is 1. The van der Waals surface area contributed by atoms with Crippen molar-refractivity contribution in [3.05, 3.63) is 57.8 Å². The number of fused-ring (bicyclic) bond motifs is 1. The van der Waals surface area contributed by atoms with Crippen LogP contribution in [0.2, 0.25) is 0 Å². The molecule has 2 atom stereocenters. The van der Waals surface area contributed by atoms with Gasteiger partial charge in [-0.15, -0.1) is 0 Å². The van der Waals surface area contributed by atoms with Gasteiger partial charge in [0.2, 0.25) is 11.3 Å². The number of aryl methyl sites for hydroxylation is 1. The van der Waals surface area contributed by atoms with Crippen LogP contribution in [0.25, 0.3) is 10.9 Å². The van der Waals surface area contributed by atoms with Crippen molar-refractivity contribution in [2.24, 2.45) is 5.92 Å². The van der Waals surface area contributed by atoms with Gasteiger partial charge in [0.25, 0.3) is 0 Å². The standard InChI is InChI=1S/C23H25FN4O4/c1-12-19-15(21(29)16(23(30)31)11-28(19)14-3-4-14)9-17(24)20(12)27-7-5-13(10-27)18(25-2)22-26-6-8-32-22/h6,8-9,11,13-14,18,25H,3-5,7,10H2,1-2H3,(H,30,31). The van der Waals surface area contributed by atoms with E-state index in [1.165, 1.54) is 12.3 Å². The van der Waals surface area contributed by atoms with Crippen LogP contribution in [0.3, 0.4) is 0 Å². The molecule has 168 valence electrons. The first-order valence-corrected chi connectivity index (χ1v) is 10.8. The van der Waals surface area contributed by atoms with Gasteiger partial charge in [0, 0.05) is 36.6 Å². The minimum Gasteiger partial charge on any atom is -0.477 e. The van der Waals surface area contributed by atoms with Crippen molar-refractivity contribution in [3.63, 3.8) is 0 Å². The Bertz CT molecular complexity index is 1250. The van der Waals surface area contributed by atoms with Crippen LogP contribution in [-0.2, 0) is 0 Å². The summed E-state index contributed by atoms with van der Waals surface area (Å²) in [5.41, 5.74) is 0.800. The second-order valence-electron chi connectivity index (χ2n) is 8.68. The molecule has 0 bridgehead atoms. The van der Waals surface area contributed by atoms with Gasteiger partial charge in [-0.1, -0.05) is 0 Å². The Morgan fingerprint density at radius 1 is 1.38 bits per heavy atom. The van der Waals surface area contributed by atoms with Crippen LogP contribution >= 0.6 is 0 Å². The summed E-state index contributed by atoms with van der Waals surface area (Å²) >= 11 is 0. The highest BCUT2D eigenvalue weighted by Crippen LogP contribution is 2.41. The zero-order valence-electron chi connectivity index (χ0n) is 18.0. The van der Waals surface area contributed by atoms with Gasteiger partial charge in [-0.2, -0.15) is 0 Å². The van der Waals surface area contributed by atoms with Gasteiger partial charge in [0.15, 0.2) is 0 Å². The van der Waals surface area contributed by atoms with Crippen molar-refractivity contribution in [2.45, 2.75) is 38.3 Å². The number of benzene rings is 1. The van der Waals surface area contributed by atoms with Crippen LogP contribution in [0.5, 0.6) is 0 Å². The third-order valence-corrected chi connectivity index (χ3v) is 6.69. The number of hydrogen-bond donors (Lipinski definition) is 2. The highest BCUT2D eigenvalue weighted by molar-refractivity contribution is 5.95. The molecule has 8 nitrogen and oxygen atoms in total. The van der Waals surface area contributed by atoms with Crippen molar-refractivity contribution in [1.29, 1.82) is 0 Å². The average molecular weight is 440 g/mol. The lowest BCUT2D eigenvalue weighted by Crippen LogP contribution is -2.29. The summed E-state index contributed by atoms with van der Waals surface area (Å²) < 4.78 is 22.7. The highest BCUT2D eigenvalue weighted by Gasteiger charge is 2.35. The zero-order chi connectivity index (χ0) is 22.6. The van der Waals surface area contributed by atoms with E-state index in [2.05, 4.69) is 10.3 Å². The smallest absolute Gasteiger partial charge is 0.341 e. The Labute approximate surface area is 183 Å². The largest absolute Gasteiger partial charge is 0.477 e. The van der Waals surface area contributed by atoms with Gasteiger partial charge >= 0.3 is 5.97 Å². The number of aromatic nitrogens is 2. The lowest BCUT2D eigenvalue weighted by Gasteiger charge is -2.25. The first-order valence-electron chi connectivity index (χ1n) is 10.8. The summed E-state index contributed by atoms with van der Waals surface area (Å²) in [7, 11) is 1.85. The molecule has 32 heavy (non-hydrogen) atoms. The maximum Gasteiger partial charge on any atom is 0.341 e. The Kier molecular flexibility index (Phi) is 5.00. The third kappa shape index (κ3) is 3.28. The monoisotopic (exact) mass is 440 g/mol. The molecule has 2 aliphatic rings. The Morgan fingerprint density at radius 3 is 2.78 bits per heavy atom. The number of nitrogens with zero attached hydrogens (tertiary/aromatic N) is 3. The van der Waals surface area contributed by atoms with Crippen molar-refractivity contribution >= 4 is 22.6 Å². The van der Waals surface area contributed by atoms with Crippen molar-refractivity contribution in [1.82, 2.24) is 14.9 Å². The van der Waals surface area contributed by atoms with Gasteiger partial charge in [0.05, 0.1) is 23.4 Å². The molecule has 1 aliphatic carbocycles. The maximum atomic E-state index is 15.4. The van der Waals surface area contributed by atoms with E-state index in [1.807, 2.05) is 23.4 Å². The van der Waals surface area contributed by atoms with E-state index < -0.39 is 17.2 Å². The number of pyridine rings is 1. The first kappa shape index (κ1) is 20.7. The number of anilines is 1. The molecule has 1 aliphatic heterocycles. The van der Waals surface area contributed by atoms with E-state index in [0.717, 1.165) is 19.3 Å². The number of carboxylic acids is 1. The predicted octanol–water partition coefficient (Wildman–Crippen LogP) is 3.26. The van der Waals surface area contributed by atoms with Crippen molar-refractivity contribution in [3.8, 4) is 0 Å². The van der Waals surface area contributed by atoms with E-state index in [4.69, 9.17) is 4.42 Å². The molecule has 5 rings (SSSR count). The van der Waals surface area contributed by atoms with E-state index >= 15 is 4.39 Å². The fourth-order valence-corrected chi connectivity index (χ4v) is 5.06. The molecule has 2 unspecified atom stereocenters. The third-order valence-electron chi connectivity index (χ3n) is 6.69. The van der Waals surface area contributed by atoms with Gasteiger partial charge in [0.1, 0.15) is 17.6 Å². The molecule has 0 amide bonds. The normalized spacial score (nSPS) is 19.6. The van der Waals surface area contributed by atoms with Crippen LogP contribution in [0, 0.1) is 18.7 Å². The Morgan fingerprint density at radius 2 is 2.16 bits per heavy atom. The summed E-state index contributed by atoms with van der Waals surface area (Å²) in [6, 6.07) is 1.27. The molecule has 1 aromatic carbocycles. The van der Waals surface area contributed by atoms with Gasteiger partial charge in [-0.05, 0) is 44.9 Å². The summed E-state index contributed by atoms with van der Waals surface area (Å²) in [5.74, 6) is -1.01. The molecule has 0 spiro atoms. The lowest BCUT2D eigenvalue weighted by molar-refractivity contribution is 0.0695. The summed E-state index contributed by atoms with van der Waals surface area (Å²) in [5, 5.41) is 12.8. The van der Waals surface area contributed by atoms with E-state index in [1.54, 1.807) is 12.5 Å². The van der Waals surface area contributed by atoms with Crippen LogP contribution in [0.15, 0.2) is 33.9 Å². The van der Waals surface area contributed by atoms with Gasteiger partial charge in [-0.25, -0.2) is 14.2 Å². The first-order chi connectivity index (χ1) is 15.4. The van der Waals surface area contributed by atoms with E-state index in [9.17, 15) is 14.7 Å². The topological polar surface area (TPSA) is 101 Å². The SMILES string of the molecule is CNC(c1ncco1)C1CCN(c2c(F)cc3c(=O)c(C(=O)O)cn(C4CC4)c3c2C)C1. The molecular formula is C23H25FN4O4. The predicted molar refractivity (Wildman–Crippen MR) is 117 cm³/mol. The second kappa shape index (κ2) is 7.74. The van der Waals surface area contributed by atoms with Crippen LogP contribution in [0.1, 0.15) is 53.2 Å². The summed E-state index contributed by atoms with van der Waals surface area (Å²) in [4.78, 5) is 30.7. The molecule has 1 saturated carbocycles. The molecule has 3 aromatic rings. The number of nitrogens with one attached hydrogen (secondary N) is 1. The number of oxazole rings is 1. The van der Waals surface area contributed by atoms with Crippen molar-refractivity contribution < 1.29 is 18.7 Å². The molecule has 3 heterocycles. The van der Waals surface area contributed by atoms with E-state index in [0.29, 0.717) is 35.7 Å². The van der Waals surface area contributed by atoms with Crippen molar-refractivity contribution in [2.75, 3.05) is 25.0 Å². The Balaban J connectivity index is 1.58. The average Bonchev–Trinajstić information content (AvgIpc) is 3.25. The molecule has 2 N–H and O–H groups in total. The van der Waals surface area contributed by atoms with Crippen LogP contribution in [0.4, 0.5) is 10.1 Å². The number of carbonyl (C=O) groups is 1. The number of aromatic carboxylic acids is 1. The van der Waals surface area contributed by atoms with Crippen LogP contribution < -0.4 is 15.6 Å². The van der Waals surface area contributed by atoms with Crippen LogP contribution in [-0.4, -0.2) is 40.8 Å². The fourth-order valence-electron chi connectivity index (χ4n) is 5.06. The zero-order valence-corrected chi connectivity index (χ0v) is 18.0. The van der Waals surface area contributed by atoms with E-state index in [-0.39, 0.29) is 29.0 Å². The number of halogens is 1. The number of rotatable bonds is 6. The molecule has 2 aromatic heterocycles. The minimum absolute atomic E-state index is 0.0819. The fraction of sp³-hybridized carbons (Fsp3) is 0.435. The molecule has 0 radical (unpaired) electrons. The second-order valence-corrected chi connectivity index (χ2v) is 8.68. The quantitative estimate of drug-likeness (QED) is 0.607. The van der Waals surface area contributed by atoms with Gasteiger partial charge < -0.3 is 24.3 Å². The minimum atomic E-state index is -1.29.